The van der Waals surface area contributed by atoms with Crippen LogP contribution in [0, 0.1) is 11.3 Å². The van der Waals surface area contributed by atoms with E-state index in [2.05, 4.69) is 16.4 Å². The minimum absolute atomic E-state index is 0.407. The second-order valence-electron chi connectivity index (χ2n) is 5.67. The minimum Gasteiger partial charge on any atom is -0.493 e. The van der Waals surface area contributed by atoms with E-state index in [9.17, 15) is 5.26 Å². The van der Waals surface area contributed by atoms with E-state index in [1.165, 1.54) is 0 Å². The van der Waals surface area contributed by atoms with E-state index in [1.54, 1.807) is 39.7 Å². The fourth-order valence-electron chi connectivity index (χ4n) is 2.93. The largest absolute Gasteiger partial charge is 0.493 e. The van der Waals surface area contributed by atoms with Crippen LogP contribution in [-0.4, -0.2) is 26.3 Å². The fraction of sp³-hybridized carbons (Fsp3) is 0.200. The molecule has 2 aromatic carbocycles. The molecule has 1 aromatic heterocycles. The first-order valence-corrected chi connectivity index (χ1v) is 8.50. The first-order chi connectivity index (χ1) is 13.1. The zero-order chi connectivity index (χ0) is 19.4. The Hall–Kier alpha value is -3.17. The average molecular weight is 384 g/mol. The Morgan fingerprint density at radius 1 is 1.07 bits per heavy atom. The van der Waals surface area contributed by atoms with Gasteiger partial charge in [0.2, 0.25) is 5.75 Å². The van der Waals surface area contributed by atoms with Gasteiger partial charge in [-0.3, -0.25) is 4.98 Å². The van der Waals surface area contributed by atoms with E-state index in [4.69, 9.17) is 25.8 Å². The molecule has 6 nitrogen and oxygen atoms in total. The van der Waals surface area contributed by atoms with Gasteiger partial charge < -0.3 is 19.5 Å². The van der Waals surface area contributed by atoms with Crippen LogP contribution >= 0.6 is 11.6 Å². The number of fused-ring (bicyclic) bond motifs is 1. The number of nitrogens with one attached hydrogen (secondary N) is 1. The van der Waals surface area contributed by atoms with Gasteiger partial charge in [-0.25, -0.2) is 0 Å². The molecule has 27 heavy (non-hydrogen) atoms. The number of anilines is 1. The van der Waals surface area contributed by atoms with Gasteiger partial charge in [0.05, 0.1) is 38.1 Å². The number of pyridine rings is 1. The van der Waals surface area contributed by atoms with Crippen molar-refractivity contribution in [2.24, 2.45) is 0 Å². The SMILES string of the molecule is COc1ccc(CNc2c(C#N)cnc3ccc(Cl)cc23)c(OC)c1OC. The van der Waals surface area contributed by atoms with Crippen LogP contribution < -0.4 is 19.5 Å². The number of hydrogen-bond donors (Lipinski definition) is 1. The summed E-state index contributed by atoms with van der Waals surface area (Å²) < 4.78 is 16.3. The van der Waals surface area contributed by atoms with Crippen LogP contribution in [0.4, 0.5) is 5.69 Å². The van der Waals surface area contributed by atoms with Crippen molar-refractivity contribution >= 4 is 28.2 Å². The van der Waals surface area contributed by atoms with Gasteiger partial charge in [-0.1, -0.05) is 11.6 Å². The third-order valence-corrected chi connectivity index (χ3v) is 4.43. The van der Waals surface area contributed by atoms with Gasteiger partial charge in [-0.15, -0.1) is 0 Å². The monoisotopic (exact) mass is 383 g/mol. The van der Waals surface area contributed by atoms with Crippen molar-refractivity contribution in [2.75, 3.05) is 26.6 Å². The summed E-state index contributed by atoms with van der Waals surface area (Å²) in [5.41, 5.74) is 2.71. The number of aromatic nitrogens is 1. The van der Waals surface area contributed by atoms with Gasteiger partial charge in [0.1, 0.15) is 6.07 Å². The molecule has 0 atom stereocenters. The highest BCUT2D eigenvalue weighted by molar-refractivity contribution is 6.31. The summed E-state index contributed by atoms with van der Waals surface area (Å²) in [5.74, 6) is 1.67. The van der Waals surface area contributed by atoms with Crippen molar-refractivity contribution < 1.29 is 14.2 Å². The lowest BCUT2D eigenvalue weighted by molar-refractivity contribution is 0.322. The van der Waals surface area contributed by atoms with Crippen molar-refractivity contribution in [3.63, 3.8) is 0 Å². The molecule has 138 valence electrons. The molecule has 1 N–H and O–H groups in total. The smallest absolute Gasteiger partial charge is 0.203 e. The molecule has 0 fully saturated rings. The number of rotatable bonds is 6. The topological polar surface area (TPSA) is 76.4 Å². The Morgan fingerprint density at radius 2 is 1.85 bits per heavy atom. The molecule has 3 rings (SSSR count). The number of ether oxygens (including phenoxy) is 3. The van der Waals surface area contributed by atoms with Crippen LogP contribution in [0.25, 0.3) is 10.9 Å². The first kappa shape index (κ1) is 18.6. The Bertz CT molecular complexity index is 1030. The standard InChI is InChI=1S/C20H18ClN3O3/c1-25-17-7-4-12(19(26-2)20(17)27-3)10-24-18-13(9-22)11-23-16-6-5-14(21)8-15(16)18/h4-8,11H,10H2,1-3H3,(H,23,24). The van der Waals surface area contributed by atoms with E-state index < -0.39 is 0 Å². The lowest BCUT2D eigenvalue weighted by Crippen LogP contribution is -2.06. The molecule has 0 aliphatic rings. The lowest BCUT2D eigenvalue weighted by Gasteiger charge is -2.17. The number of methoxy groups -OCH3 is 3. The zero-order valence-electron chi connectivity index (χ0n) is 15.2. The van der Waals surface area contributed by atoms with Crippen LogP contribution in [0.3, 0.4) is 0 Å². The number of benzene rings is 2. The predicted octanol–water partition coefficient (Wildman–Crippen LogP) is 4.40. The maximum Gasteiger partial charge on any atom is 0.203 e. The highest BCUT2D eigenvalue weighted by atomic mass is 35.5. The van der Waals surface area contributed by atoms with Crippen molar-refractivity contribution in [3.05, 3.63) is 52.7 Å². The Labute approximate surface area is 162 Å². The maximum atomic E-state index is 9.47. The van der Waals surface area contributed by atoms with Crippen molar-refractivity contribution in [2.45, 2.75) is 6.54 Å². The van der Waals surface area contributed by atoms with Crippen LogP contribution in [0.1, 0.15) is 11.1 Å². The molecule has 0 aliphatic heterocycles. The van der Waals surface area contributed by atoms with Gasteiger partial charge in [0, 0.05) is 28.7 Å². The maximum absolute atomic E-state index is 9.47. The summed E-state index contributed by atoms with van der Waals surface area (Å²) in [4.78, 5) is 4.31. The first-order valence-electron chi connectivity index (χ1n) is 8.13. The molecule has 0 bridgehead atoms. The predicted molar refractivity (Wildman–Crippen MR) is 105 cm³/mol. The van der Waals surface area contributed by atoms with Gasteiger partial charge in [0.25, 0.3) is 0 Å². The third kappa shape index (κ3) is 3.55. The van der Waals surface area contributed by atoms with E-state index in [0.717, 1.165) is 16.5 Å². The summed E-state index contributed by atoms with van der Waals surface area (Å²) in [6, 6.07) is 11.2. The van der Waals surface area contributed by atoms with E-state index in [0.29, 0.717) is 40.1 Å². The second-order valence-corrected chi connectivity index (χ2v) is 6.10. The second kappa shape index (κ2) is 8.02. The van der Waals surface area contributed by atoms with E-state index in [1.807, 2.05) is 18.2 Å². The molecule has 3 aromatic rings. The Morgan fingerprint density at radius 3 is 2.52 bits per heavy atom. The van der Waals surface area contributed by atoms with Crippen LogP contribution in [-0.2, 0) is 6.54 Å². The number of hydrogen-bond acceptors (Lipinski definition) is 6. The molecule has 0 amide bonds. The van der Waals surface area contributed by atoms with Crippen molar-refractivity contribution in [1.29, 1.82) is 5.26 Å². The molecular weight excluding hydrogens is 366 g/mol. The summed E-state index contributed by atoms with van der Waals surface area (Å²) in [7, 11) is 4.70. The van der Waals surface area contributed by atoms with Crippen LogP contribution in [0.5, 0.6) is 17.2 Å². The summed E-state index contributed by atoms with van der Waals surface area (Å²) in [5, 5.41) is 14.1. The third-order valence-electron chi connectivity index (χ3n) is 4.19. The van der Waals surface area contributed by atoms with E-state index in [-0.39, 0.29) is 0 Å². The fourth-order valence-corrected chi connectivity index (χ4v) is 3.10. The number of nitriles is 1. The molecule has 0 unspecified atom stereocenters. The van der Waals surface area contributed by atoms with Crippen LogP contribution in [0.15, 0.2) is 36.5 Å². The van der Waals surface area contributed by atoms with Gasteiger partial charge in [0.15, 0.2) is 11.5 Å². The normalized spacial score (nSPS) is 10.3. The van der Waals surface area contributed by atoms with Crippen molar-refractivity contribution in [1.82, 2.24) is 4.98 Å². The molecular formula is C20H18ClN3O3. The molecule has 7 heteroatoms. The molecule has 0 radical (unpaired) electrons. The molecule has 0 saturated carbocycles. The highest BCUT2D eigenvalue weighted by Crippen LogP contribution is 2.40. The number of halogens is 1. The number of nitrogens with zero attached hydrogens (tertiary/aromatic N) is 2. The summed E-state index contributed by atoms with van der Waals surface area (Å²) in [6.45, 7) is 0.407. The Balaban J connectivity index is 2.03. The molecule has 0 saturated heterocycles. The lowest BCUT2D eigenvalue weighted by atomic mass is 10.1. The van der Waals surface area contributed by atoms with Gasteiger partial charge >= 0.3 is 0 Å². The average Bonchev–Trinajstić information content (AvgIpc) is 2.70. The highest BCUT2D eigenvalue weighted by Gasteiger charge is 2.17. The Kier molecular flexibility index (Phi) is 5.53. The molecule has 0 aliphatic carbocycles. The van der Waals surface area contributed by atoms with Crippen molar-refractivity contribution in [3.8, 4) is 23.3 Å². The summed E-state index contributed by atoms with van der Waals surface area (Å²) >= 11 is 6.14. The summed E-state index contributed by atoms with van der Waals surface area (Å²) in [6.07, 6.45) is 1.55. The molecule has 1 heterocycles. The zero-order valence-corrected chi connectivity index (χ0v) is 15.9. The van der Waals surface area contributed by atoms with Gasteiger partial charge in [-0.2, -0.15) is 5.26 Å². The van der Waals surface area contributed by atoms with Crippen LogP contribution in [0.2, 0.25) is 5.02 Å². The van der Waals surface area contributed by atoms with Gasteiger partial charge in [-0.05, 0) is 30.3 Å². The molecule has 0 spiro atoms. The van der Waals surface area contributed by atoms with E-state index >= 15 is 0 Å². The minimum atomic E-state index is 0.407. The quantitative estimate of drug-likeness (QED) is 0.680.